The van der Waals surface area contributed by atoms with E-state index in [2.05, 4.69) is 52.5 Å². The van der Waals surface area contributed by atoms with Crippen molar-refractivity contribution in [3.05, 3.63) is 142 Å². The average Bonchev–Trinajstić information content (AvgIpc) is 2.96. The van der Waals surface area contributed by atoms with Crippen molar-refractivity contribution in [2.45, 2.75) is 13.8 Å². The zero-order chi connectivity index (χ0) is 27.4. The molecule has 0 spiro atoms. The fraction of sp³-hybridized carbons (Fsp3) is 0.0588. The second kappa shape index (κ2) is 11.5. The van der Waals surface area contributed by atoms with E-state index >= 15 is 0 Å². The van der Waals surface area contributed by atoms with Crippen molar-refractivity contribution < 1.29 is 9.59 Å². The van der Waals surface area contributed by atoms with Gasteiger partial charge in [0.1, 0.15) is 0 Å². The van der Waals surface area contributed by atoms with Crippen molar-refractivity contribution in [3.63, 3.8) is 0 Å². The standard InChI is InChI=1S/C34H27BrN2O2/c1-22-20-30(28-18-17-26(35)21-32(28)37-34(39)25-13-7-4-8-14-25)23(2)19-29(22)27-15-9-10-16-31(27)36-33(38)24-11-5-3-6-12-24/h3-21H,1-2H3,(H,36,38)(H,37,39). The lowest BCUT2D eigenvalue weighted by molar-refractivity contribution is 0.101. The third-order valence-electron chi connectivity index (χ3n) is 6.63. The highest BCUT2D eigenvalue weighted by Crippen LogP contribution is 2.38. The number of carbonyl (C=O) groups is 2. The Bertz CT molecular complexity index is 1660. The van der Waals surface area contributed by atoms with Gasteiger partial charge in [-0.1, -0.05) is 88.7 Å². The van der Waals surface area contributed by atoms with E-state index in [0.717, 1.165) is 49.2 Å². The van der Waals surface area contributed by atoms with Crippen LogP contribution in [0.15, 0.2) is 120 Å². The second-order valence-electron chi connectivity index (χ2n) is 9.36. The fourth-order valence-electron chi connectivity index (χ4n) is 4.65. The Labute approximate surface area is 236 Å². The first-order valence-corrected chi connectivity index (χ1v) is 13.4. The lowest BCUT2D eigenvalue weighted by Gasteiger charge is -2.18. The number of amides is 2. The molecule has 0 heterocycles. The molecular weight excluding hydrogens is 548 g/mol. The molecule has 5 aromatic carbocycles. The minimum Gasteiger partial charge on any atom is -0.321 e. The van der Waals surface area contributed by atoms with Crippen LogP contribution in [-0.2, 0) is 0 Å². The monoisotopic (exact) mass is 574 g/mol. The Balaban J connectivity index is 1.50. The number of halogens is 1. The van der Waals surface area contributed by atoms with Crippen molar-refractivity contribution in [1.82, 2.24) is 0 Å². The summed E-state index contributed by atoms with van der Waals surface area (Å²) in [6, 6.07) is 36.4. The number of para-hydroxylation sites is 1. The Hall–Kier alpha value is -4.48. The van der Waals surface area contributed by atoms with Crippen LogP contribution in [0.3, 0.4) is 0 Å². The summed E-state index contributed by atoms with van der Waals surface area (Å²) in [5.74, 6) is -0.313. The van der Waals surface area contributed by atoms with Gasteiger partial charge in [-0.3, -0.25) is 9.59 Å². The molecule has 2 N–H and O–H groups in total. The molecule has 0 saturated carbocycles. The summed E-state index contributed by atoms with van der Waals surface area (Å²) in [7, 11) is 0. The van der Waals surface area contributed by atoms with Crippen molar-refractivity contribution >= 4 is 39.1 Å². The molecule has 0 atom stereocenters. The van der Waals surface area contributed by atoms with E-state index in [1.165, 1.54) is 0 Å². The van der Waals surface area contributed by atoms with Crippen molar-refractivity contribution in [1.29, 1.82) is 0 Å². The summed E-state index contributed by atoms with van der Waals surface area (Å²) < 4.78 is 0.878. The van der Waals surface area contributed by atoms with E-state index in [4.69, 9.17) is 0 Å². The fourth-order valence-corrected chi connectivity index (χ4v) is 5.01. The van der Waals surface area contributed by atoms with Gasteiger partial charge >= 0.3 is 0 Å². The summed E-state index contributed by atoms with van der Waals surface area (Å²) in [5.41, 5.74) is 8.73. The van der Waals surface area contributed by atoms with E-state index < -0.39 is 0 Å². The molecular formula is C34H27BrN2O2. The number of aryl methyl sites for hydroxylation is 2. The molecule has 5 rings (SSSR count). The molecule has 0 radical (unpaired) electrons. The summed E-state index contributed by atoms with van der Waals surface area (Å²) >= 11 is 3.55. The summed E-state index contributed by atoms with van der Waals surface area (Å²) in [5, 5.41) is 6.17. The van der Waals surface area contributed by atoms with Crippen molar-refractivity contribution in [2.75, 3.05) is 10.6 Å². The van der Waals surface area contributed by atoms with E-state index in [0.29, 0.717) is 11.1 Å². The molecule has 0 aliphatic heterocycles. The van der Waals surface area contributed by atoms with Crippen LogP contribution in [0, 0.1) is 13.8 Å². The number of rotatable bonds is 6. The van der Waals surface area contributed by atoms with E-state index in [1.54, 1.807) is 24.3 Å². The third kappa shape index (κ3) is 5.84. The number of nitrogens with one attached hydrogen (secondary N) is 2. The first-order chi connectivity index (χ1) is 18.9. The topological polar surface area (TPSA) is 58.2 Å². The highest BCUT2D eigenvalue weighted by atomic mass is 79.9. The molecule has 39 heavy (non-hydrogen) atoms. The molecule has 0 fully saturated rings. The van der Waals surface area contributed by atoms with Gasteiger partial charge in [-0.05, 0) is 78.6 Å². The maximum Gasteiger partial charge on any atom is 0.255 e. The van der Waals surface area contributed by atoms with Gasteiger partial charge in [0.15, 0.2) is 0 Å². The molecule has 4 nitrogen and oxygen atoms in total. The molecule has 2 amide bonds. The van der Waals surface area contributed by atoms with Crippen LogP contribution >= 0.6 is 15.9 Å². The lowest BCUT2D eigenvalue weighted by Crippen LogP contribution is -2.13. The molecule has 0 saturated heterocycles. The number of benzene rings is 5. The molecule has 0 aliphatic rings. The van der Waals surface area contributed by atoms with Crippen LogP contribution in [0.4, 0.5) is 11.4 Å². The molecule has 192 valence electrons. The van der Waals surface area contributed by atoms with Crippen LogP contribution in [0.2, 0.25) is 0 Å². The van der Waals surface area contributed by atoms with Crippen LogP contribution in [0.5, 0.6) is 0 Å². The van der Waals surface area contributed by atoms with Gasteiger partial charge in [-0.15, -0.1) is 0 Å². The van der Waals surface area contributed by atoms with E-state index in [9.17, 15) is 9.59 Å². The Morgan fingerprint density at radius 2 is 0.974 bits per heavy atom. The predicted octanol–water partition coefficient (Wildman–Crippen LogP) is 8.90. The minimum absolute atomic E-state index is 0.150. The van der Waals surface area contributed by atoms with Gasteiger partial charge in [0.2, 0.25) is 0 Å². The van der Waals surface area contributed by atoms with Gasteiger partial charge in [0.25, 0.3) is 11.8 Å². The number of carbonyl (C=O) groups excluding carboxylic acids is 2. The highest BCUT2D eigenvalue weighted by Gasteiger charge is 2.17. The van der Waals surface area contributed by atoms with Crippen LogP contribution < -0.4 is 10.6 Å². The van der Waals surface area contributed by atoms with E-state index in [-0.39, 0.29) is 11.8 Å². The smallest absolute Gasteiger partial charge is 0.255 e. The average molecular weight is 576 g/mol. The van der Waals surface area contributed by atoms with Gasteiger partial charge in [0.05, 0.1) is 5.69 Å². The number of hydrogen-bond acceptors (Lipinski definition) is 2. The molecule has 0 unspecified atom stereocenters. The molecule has 0 aliphatic carbocycles. The second-order valence-corrected chi connectivity index (χ2v) is 10.3. The van der Waals surface area contributed by atoms with Gasteiger partial charge in [-0.25, -0.2) is 0 Å². The van der Waals surface area contributed by atoms with Gasteiger partial charge in [0, 0.05) is 32.4 Å². The zero-order valence-corrected chi connectivity index (χ0v) is 23.3. The van der Waals surface area contributed by atoms with Gasteiger partial charge < -0.3 is 10.6 Å². The van der Waals surface area contributed by atoms with Crippen LogP contribution in [0.25, 0.3) is 22.3 Å². The summed E-state index contributed by atoms with van der Waals surface area (Å²) in [4.78, 5) is 25.9. The highest BCUT2D eigenvalue weighted by molar-refractivity contribution is 9.10. The van der Waals surface area contributed by atoms with Crippen LogP contribution in [-0.4, -0.2) is 11.8 Å². The zero-order valence-electron chi connectivity index (χ0n) is 21.7. The molecule has 5 heteroatoms. The molecule has 0 aromatic heterocycles. The SMILES string of the molecule is Cc1cc(-c2ccc(Br)cc2NC(=O)c2ccccc2)c(C)cc1-c1ccccc1NC(=O)c1ccccc1. The quantitative estimate of drug-likeness (QED) is 0.212. The first kappa shape index (κ1) is 26.1. The Morgan fingerprint density at radius 1 is 0.513 bits per heavy atom. The maximum absolute atomic E-state index is 13.0. The predicted molar refractivity (Wildman–Crippen MR) is 163 cm³/mol. The first-order valence-electron chi connectivity index (χ1n) is 12.6. The normalized spacial score (nSPS) is 10.6. The van der Waals surface area contributed by atoms with Gasteiger partial charge in [-0.2, -0.15) is 0 Å². The van der Waals surface area contributed by atoms with E-state index in [1.807, 2.05) is 78.9 Å². The Morgan fingerprint density at radius 3 is 1.54 bits per heavy atom. The largest absolute Gasteiger partial charge is 0.321 e. The van der Waals surface area contributed by atoms with Crippen LogP contribution in [0.1, 0.15) is 31.8 Å². The summed E-state index contributed by atoms with van der Waals surface area (Å²) in [6.45, 7) is 4.13. The number of anilines is 2. The van der Waals surface area contributed by atoms with Crippen molar-refractivity contribution in [3.8, 4) is 22.3 Å². The third-order valence-corrected chi connectivity index (χ3v) is 7.12. The molecule has 5 aromatic rings. The number of hydrogen-bond donors (Lipinski definition) is 2. The maximum atomic E-state index is 13.0. The molecule has 0 bridgehead atoms. The Kier molecular flexibility index (Phi) is 7.71. The summed E-state index contributed by atoms with van der Waals surface area (Å²) in [6.07, 6.45) is 0. The minimum atomic E-state index is -0.163. The van der Waals surface area contributed by atoms with Crippen molar-refractivity contribution in [2.24, 2.45) is 0 Å². The lowest BCUT2D eigenvalue weighted by atomic mass is 9.90.